The van der Waals surface area contributed by atoms with E-state index in [9.17, 15) is 9.59 Å². The van der Waals surface area contributed by atoms with Crippen LogP contribution in [0.15, 0.2) is 70.6 Å². The third kappa shape index (κ3) is 6.21. The molecular formula is C32H42N6O2. The Morgan fingerprint density at radius 2 is 1.30 bits per heavy atom. The van der Waals surface area contributed by atoms with Crippen molar-refractivity contribution in [3.05, 3.63) is 71.8 Å². The average Bonchev–Trinajstić information content (AvgIpc) is 3.50. The summed E-state index contributed by atoms with van der Waals surface area (Å²) in [4.78, 5) is 40.0. The van der Waals surface area contributed by atoms with Gasteiger partial charge >= 0.3 is 12.1 Å². The van der Waals surface area contributed by atoms with Gasteiger partial charge in [-0.05, 0) is 43.9 Å². The molecule has 5 rings (SSSR count). The topological polar surface area (TPSA) is 89.4 Å². The molecule has 3 aliphatic rings. The zero-order valence-electron chi connectivity index (χ0n) is 24.4. The monoisotopic (exact) mass is 542 g/mol. The molecule has 4 amide bonds. The van der Waals surface area contributed by atoms with Crippen LogP contribution in [0.4, 0.5) is 9.59 Å². The van der Waals surface area contributed by atoms with E-state index in [0.717, 1.165) is 42.1 Å². The number of carbonyl (C=O) groups excluding carboxylic acids is 2. The number of rotatable bonds is 5. The van der Waals surface area contributed by atoms with Crippen molar-refractivity contribution in [3.8, 4) is 0 Å². The molecule has 1 saturated carbocycles. The summed E-state index contributed by atoms with van der Waals surface area (Å²) in [5.74, 6) is 1.45. The molecule has 0 aromatic heterocycles. The number of urea groups is 2. The van der Waals surface area contributed by atoms with Gasteiger partial charge in [0, 0.05) is 23.7 Å². The lowest BCUT2D eigenvalue weighted by Crippen LogP contribution is -2.54. The van der Waals surface area contributed by atoms with Crippen molar-refractivity contribution in [2.45, 2.75) is 72.0 Å². The van der Waals surface area contributed by atoms with E-state index in [-0.39, 0.29) is 41.0 Å². The van der Waals surface area contributed by atoms with E-state index in [2.05, 4.69) is 31.4 Å². The summed E-state index contributed by atoms with van der Waals surface area (Å²) in [6.07, 6.45) is 2.64. The smallest absolute Gasteiger partial charge is 0.323 e. The Morgan fingerprint density at radius 1 is 0.800 bits per heavy atom. The average molecular weight is 543 g/mol. The number of hydrogen-bond acceptors (Lipinski definition) is 4. The molecule has 40 heavy (non-hydrogen) atoms. The zero-order valence-corrected chi connectivity index (χ0v) is 24.4. The van der Waals surface area contributed by atoms with E-state index in [1.807, 2.05) is 74.5 Å². The van der Waals surface area contributed by atoms with Crippen LogP contribution in [0.1, 0.15) is 65.0 Å². The minimum Gasteiger partial charge on any atom is -0.337 e. The van der Waals surface area contributed by atoms with E-state index < -0.39 is 0 Å². The molecule has 4 atom stereocenters. The standard InChI is InChI=1S/C32H42N6O2/c1-22-18-37(27(34-22)24-12-8-6-9-13-24)29(39)33-21-32(5)17-26(16-31(3,4)20-32)36-30(40)38-19-23(2)35-28(38)25-14-10-7-11-15-25/h6-15,22-23,26H,16-21H2,1-5H3,(H,33,39)(H,36,40). The molecule has 0 saturated heterocycles. The molecule has 2 aromatic carbocycles. The molecule has 1 aliphatic carbocycles. The third-order valence-corrected chi connectivity index (χ3v) is 8.08. The van der Waals surface area contributed by atoms with Gasteiger partial charge in [-0.1, -0.05) is 81.4 Å². The molecule has 0 spiro atoms. The Morgan fingerprint density at radius 3 is 1.82 bits per heavy atom. The normalized spacial score (nSPS) is 27.7. The lowest BCUT2D eigenvalue weighted by atomic mass is 9.62. The predicted octanol–water partition coefficient (Wildman–Crippen LogP) is 5.29. The summed E-state index contributed by atoms with van der Waals surface area (Å²) in [5.41, 5.74) is 1.75. The molecule has 8 heteroatoms. The molecule has 1 fully saturated rings. The van der Waals surface area contributed by atoms with E-state index in [1.54, 1.807) is 9.80 Å². The van der Waals surface area contributed by atoms with Crippen molar-refractivity contribution >= 4 is 23.7 Å². The number of nitrogens with one attached hydrogen (secondary N) is 2. The highest BCUT2D eigenvalue weighted by molar-refractivity contribution is 6.09. The van der Waals surface area contributed by atoms with Crippen LogP contribution in [0.3, 0.4) is 0 Å². The van der Waals surface area contributed by atoms with Crippen LogP contribution < -0.4 is 10.6 Å². The fraction of sp³-hybridized carbons (Fsp3) is 0.500. The predicted molar refractivity (Wildman–Crippen MR) is 160 cm³/mol. The highest BCUT2D eigenvalue weighted by Gasteiger charge is 2.43. The van der Waals surface area contributed by atoms with Gasteiger partial charge in [0.1, 0.15) is 11.7 Å². The lowest BCUT2D eigenvalue weighted by Gasteiger charge is -2.47. The molecule has 4 unspecified atom stereocenters. The number of nitrogens with zero attached hydrogens (tertiary/aromatic N) is 4. The van der Waals surface area contributed by atoms with Gasteiger partial charge in [-0.2, -0.15) is 0 Å². The summed E-state index contributed by atoms with van der Waals surface area (Å²) in [5, 5.41) is 6.55. The number of amides is 4. The first-order valence-corrected chi connectivity index (χ1v) is 14.4. The van der Waals surface area contributed by atoms with Crippen molar-refractivity contribution in [3.63, 3.8) is 0 Å². The third-order valence-electron chi connectivity index (χ3n) is 8.08. The summed E-state index contributed by atoms with van der Waals surface area (Å²) in [6, 6.07) is 19.7. The Balaban J connectivity index is 1.24. The highest BCUT2D eigenvalue weighted by atomic mass is 16.2. The van der Waals surface area contributed by atoms with Gasteiger partial charge in [0.15, 0.2) is 0 Å². The molecule has 2 aliphatic heterocycles. The van der Waals surface area contributed by atoms with E-state index in [4.69, 9.17) is 9.98 Å². The largest absolute Gasteiger partial charge is 0.337 e. The molecule has 2 heterocycles. The van der Waals surface area contributed by atoms with Crippen LogP contribution in [0.2, 0.25) is 0 Å². The second-order valence-electron chi connectivity index (χ2n) is 12.9. The Kier molecular flexibility index (Phi) is 7.71. The molecule has 2 aromatic rings. The minimum atomic E-state index is -0.167. The van der Waals surface area contributed by atoms with Gasteiger partial charge in [0.05, 0.1) is 25.2 Å². The first kappa shape index (κ1) is 27.9. The first-order valence-electron chi connectivity index (χ1n) is 14.4. The van der Waals surface area contributed by atoms with Crippen molar-refractivity contribution < 1.29 is 9.59 Å². The fourth-order valence-corrected chi connectivity index (χ4v) is 6.84. The van der Waals surface area contributed by atoms with E-state index in [0.29, 0.717) is 19.6 Å². The first-order chi connectivity index (χ1) is 19.0. The molecule has 8 nitrogen and oxygen atoms in total. The van der Waals surface area contributed by atoms with Gasteiger partial charge in [0.25, 0.3) is 0 Å². The number of benzene rings is 2. The van der Waals surface area contributed by atoms with Crippen molar-refractivity contribution in [1.29, 1.82) is 0 Å². The maximum atomic E-state index is 13.6. The second-order valence-corrected chi connectivity index (χ2v) is 12.9. The fourth-order valence-electron chi connectivity index (χ4n) is 6.84. The van der Waals surface area contributed by atoms with Crippen LogP contribution in [-0.4, -0.2) is 71.3 Å². The zero-order chi connectivity index (χ0) is 28.5. The molecular weight excluding hydrogens is 500 g/mol. The highest BCUT2D eigenvalue weighted by Crippen LogP contribution is 2.46. The maximum Gasteiger partial charge on any atom is 0.323 e. The van der Waals surface area contributed by atoms with Crippen LogP contribution >= 0.6 is 0 Å². The van der Waals surface area contributed by atoms with Crippen LogP contribution in [-0.2, 0) is 0 Å². The second kappa shape index (κ2) is 11.1. The summed E-state index contributed by atoms with van der Waals surface area (Å²) >= 11 is 0. The summed E-state index contributed by atoms with van der Waals surface area (Å²) in [7, 11) is 0. The molecule has 212 valence electrons. The van der Waals surface area contributed by atoms with Gasteiger partial charge in [-0.25, -0.2) is 9.59 Å². The molecule has 0 bridgehead atoms. The van der Waals surface area contributed by atoms with Crippen LogP contribution in [0, 0.1) is 10.8 Å². The van der Waals surface area contributed by atoms with Crippen molar-refractivity contribution in [2.24, 2.45) is 20.8 Å². The SMILES string of the molecule is CC1CN(C(=O)NCC2(C)CC(NC(=O)N3CC(C)N=C3c3ccccc3)CC(C)(C)C2)C(c2ccccc2)=N1. The number of aliphatic imine (C=N–C) groups is 2. The number of carbonyl (C=O) groups is 2. The Hall–Kier alpha value is -3.68. The maximum absolute atomic E-state index is 13.6. The molecule has 2 N–H and O–H groups in total. The van der Waals surface area contributed by atoms with Gasteiger partial charge in [-0.15, -0.1) is 0 Å². The van der Waals surface area contributed by atoms with Gasteiger partial charge in [0.2, 0.25) is 0 Å². The van der Waals surface area contributed by atoms with Gasteiger partial charge in [-0.3, -0.25) is 19.8 Å². The lowest BCUT2D eigenvalue weighted by molar-refractivity contribution is 0.0730. The van der Waals surface area contributed by atoms with Gasteiger partial charge < -0.3 is 10.6 Å². The Bertz CT molecular complexity index is 1290. The summed E-state index contributed by atoms with van der Waals surface area (Å²) in [6.45, 7) is 12.5. The number of hydrogen-bond donors (Lipinski definition) is 2. The Labute approximate surface area is 238 Å². The van der Waals surface area contributed by atoms with E-state index >= 15 is 0 Å². The van der Waals surface area contributed by atoms with Crippen LogP contribution in [0.5, 0.6) is 0 Å². The summed E-state index contributed by atoms with van der Waals surface area (Å²) < 4.78 is 0. The quantitative estimate of drug-likeness (QED) is 0.538. The molecule has 0 radical (unpaired) electrons. The van der Waals surface area contributed by atoms with Crippen LogP contribution in [0.25, 0.3) is 0 Å². The number of amidine groups is 2. The van der Waals surface area contributed by atoms with E-state index in [1.165, 1.54) is 0 Å². The van der Waals surface area contributed by atoms with Crippen molar-refractivity contribution in [1.82, 2.24) is 20.4 Å². The minimum absolute atomic E-state index is 0.000618. The van der Waals surface area contributed by atoms with Crippen molar-refractivity contribution in [2.75, 3.05) is 19.6 Å².